The number of phenols is 1. The van der Waals surface area contributed by atoms with Gasteiger partial charge in [-0.15, -0.1) is 0 Å². The highest BCUT2D eigenvalue weighted by molar-refractivity contribution is 6.33. The summed E-state index contributed by atoms with van der Waals surface area (Å²) in [6.45, 7) is 4.81. The maximum Gasteiger partial charge on any atom is 0.415 e. The highest BCUT2D eigenvalue weighted by atomic mass is 35.5. The molecule has 9 nitrogen and oxygen atoms in total. The Morgan fingerprint density at radius 2 is 2.05 bits per heavy atom. The van der Waals surface area contributed by atoms with Crippen LogP contribution >= 0.6 is 11.6 Å². The summed E-state index contributed by atoms with van der Waals surface area (Å²) >= 11 is 6.42. The number of hydrogen-bond acceptors (Lipinski definition) is 8. The number of aliphatic hydroxyl groups excluding tert-OH is 1. The van der Waals surface area contributed by atoms with Gasteiger partial charge in [-0.25, -0.2) is 4.79 Å². The molecule has 0 spiro atoms. The van der Waals surface area contributed by atoms with Crippen molar-refractivity contribution in [2.45, 2.75) is 50.7 Å². The third-order valence-electron chi connectivity index (χ3n) is 7.97. The molecule has 1 amide bonds. The Bertz CT molecular complexity index is 1440. The standard InChI is InChI=1S/C30H36ClN3O6/c1-3-34(16-18-8-6-7-12-32-18)30(38)40-26-15-23(36)28-22(35)14-25(19-9-4-5-10-21(19)31)39-29(28)27(26)20-11-13-33(2)17-24(20)37/h4-5,9-10,14-15,18,20,24,32,36-37H,3,6-8,11-13,16-17H2,1-2H3/t18?,20-,24+/m0/s1. The number of ether oxygens (including phenoxy) is 1. The van der Waals surface area contributed by atoms with Crippen LogP contribution in [0.2, 0.25) is 5.02 Å². The highest BCUT2D eigenvalue weighted by Gasteiger charge is 2.35. The molecule has 1 unspecified atom stereocenters. The number of carbonyl (C=O) groups excluding carboxylic acids is 1. The second-order valence-electron chi connectivity index (χ2n) is 10.7. The molecule has 2 aliphatic rings. The van der Waals surface area contributed by atoms with Crippen LogP contribution in [0.1, 0.15) is 44.1 Å². The van der Waals surface area contributed by atoms with Gasteiger partial charge in [0.1, 0.15) is 28.2 Å². The van der Waals surface area contributed by atoms with E-state index < -0.39 is 23.5 Å². The lowest BCUT2D eigenvalue weighted by Gasteiger charge is -2.35. The van der Waals surface area contributed by atoms with E-state index in [9.17, 15) is 19.8 Å². The number of β-amino-alcohol motifs (C(OH)–C–C–N with tert-alkyl or cyclic N) is 1. The number of nitrogens with zero attached hydrogens (tertiary/aromatic N) is 2. The van der Waals surface area contributed by atoms with Gasteiger partial charge >= 0.3 is 6.09 Å². The molecule has 3 N–H and O–H groups in total. The number of hydrogen-bond donors (Lipinski definition) is 3. The van der Waals surface area contributed by atoms with E-state index >= 15 is 0 Å². The number of carbonyl (C=O) groups is 1. The van der Waals surface area contributed by atoms with Crippen molar-refractivity contribution in [2.75, 3.05) is 39.8 Å². The molecule has 3 heterocycles. The average molecular weight is 570 g/mol. The van der Waals surface area contributed by atoms with Gasteiger partial charge < -0.3 is 34.5 Å². The molecule has 2 saturated heterocycles. The van der Waals surface area contributed by atoms with E-state index in [-0.39, 0.29) is 34.3 Å². The van der Waals surface area contributed by atoms with E-state index in [0.29, 0.717) is 48.7 Å². The van der Waals surface area contributed by atoms with Crippen molar-refractivity contribution < 1.29 is 24.2 Å². The van der Waals surface area contributed by atoms with Gasteiger partial charge in [0.15, 0.2) is 5.43 Å². The minimum atomic E-state index is -0.813. The minimum absolute atomic E-state index is 0.0320. The van der Waals surface area contributed by atoms with Crippen LogP contribution in [0.15, 0.2) is 45.6 Å². The van der Waals surface area contributed by atoms with Gasteiger partial charge in [0.2, 0.25) is 0 Å². The third kappa shape index (κ3) is 5.83. The highest BCUT2D eigenvalue weighted by Crippen LogP contribution is 2.43. The van der Waals surface area contributed by atoms with Gasteiger partial charge in [-0.1, -0.05) is 30.2 Å². The Hall–Kier alpha value is -3.11. The van der Waals surface area contributed by atoms with Crippen molar-refractivity contribution in [1.29, 1.82) is 0 Å². The predicted octanol–water partition coefficient (Wildman–Crippen LogP) is 4.56. The van der Waals surface area contributed by atoms with Crippen LogP contribution in [0.3, 0.4) is 0 Å². The number of aliphatic hydroxyl groups is 1. The number of rotatable bonds is 6. The lowest BCUT2D eigenvalue weighted by atomic mass is 9.85. The summed E-state index contributed by atoms with van der Waals surface area (Å²) in [7, 11) is 1.92. The number of likely N-dealkylation sites (tertiary alicyclic amines) is 1. The molecular weight excluding hydrogens is 534 g/mol. The predicted molar refractivity (Wildman–Crippen MR) is 154 cm³/mol. The van der Waals surface area contributed by atoms with E-state index in [2.05, 4.69) is 5.32 Å². The van der Waals surface area contributed by atoms with E-state index in [1.807, 2.05) is 18.9 Å². The number of phenolic OH excluding ortho intramolecular Hbond substituents is 1. The lowest BCUT2D eigenvalue weighted by Crippen LogP contribution is -2.46. The lowest BCUT2D eigenvalue weighted by molar-refractivity contribution is 0.0627. The molecule has 40 heavy (non-hydrogen) atoms. The van der Waals surface area contributed by atoms with Gasteiger partial charge in [-0.05, 0) is 58.5 Å². The third-order valence-corrected chi connectivity index (χ3v) is 8.30. The fourth-order valence-electron chi connectivity index (χ4n) is 5.80. The molecule has 1 aromatic heterocycles. The van der Waals surface area contributed by atoms with Crippen LogP contribution in [-0.4, -0.2) is 78.0 Å². The van der Waals surface area contributed by atoms with Gasteiger partial charge in [-0.3, -0.25) is 4.79 Å². The van der Waals surface area contributed by atoms with Gasteiger partial charge in [-0.2, -0.15) is 0 Å². The summed E-state index contributed by atoms with van der Waals surface area (Å²) < 4.78 is 12.2. The number of piperidine rings is 2. The molecule has 3 aromatic rings. The Labute approximate surface area is 238 Å². The van der Waals surface area contributed by atoms with E-state index in [4.69, 9.17) is 20.8 Å². The Morgan fingerprint density at radius 3 is 2.75 bits per heavy atom. The number of benzene rings is 2. The number of nitrogens with one attached hydrogen (secondary N) is 1. The first-order chi connectivity index (χ1) is 19.3. The largest absolute Gasteiger partial charge is 0.507 e. The second kappa shape index (κ2) is 12.2. The first kappa shape index (κ1) is 28.4. The van der Waals surface area contributed by atoms with E-state index in [0.717, 1.165) is 25.8 Å². The zero-order valence-electron chi connectivity index (χ0n) is 22.9. The molecule has 0 radical (unpaired) electrons. The maximum atomic E-state index is 13.4. The van der Waals surface area contributed by atoms with Crippen LogP contribution in [0.5, 0.6) is 11.5 Å². The zero-order valence-corrected chi connectivity index (χ0v) is 23.6. The zero-order chi connectivity index (χ0) is 28.4. The van der Waals surface area contributed by atoms with E-state index in [1.54, 1.807) is 29.2 Å². The van der Waals surface area contributed by atoms with Crippen molar-refractivity contribution in [3.63, 3.8) is 0 Å². The number of amides is 1. The summed E-state index contributed by atoms with van der Waals surface area (Å²) in [5.41, 5.74) is 0.515. The van der Waals surface area contributed by atoms with Crippen molar-refractivity contribution in [2.24, 2.45) is 0 Å². The fraction of sp³-hybridized carbons (Fsp3) is 0.467. The number of fused-ring (bicyclic) bond motifs is 1. The summed E-state index contributed by atoms with van der Waals surface area (Å²) in [6, 6.07) is 9.74. The Morgan fingerprint density at radius 1 is 1.25 bits per heavy atom. The van der Waals surface area contributed by atoms with Gasteiger partial charge in [0.05, 0.1) is 11.1 Å². The molecule has 10 heteroatoms. The minimum Gasteiger partial charge on any atom is -0.507 e. The molecule has 214 valence electrons. The molecular formula is C30H36ClN3O6. The first-order valence-electron chi connectivity index (χ1n) is 13.9. The van der Waals surface area contributed by atoms with Gasteiger partial charge in [0.25, 0.3) is 0 Å². The second-order valence-corrected chi connectivity index (χ2v) is 11.2. The topological polar surface area (TPSA) is 115 Å². The number of likely N-dealkylation sites (N-methyl/N-ethyl adjacent to an activating group) is 2. The molecule has 0 saturated carbocycles. The van der Waals surface area contributed by atoms with Crippen LogP contribution < -0.4 is 15.5 Å². The number of aromatic hydroxyl groups is 1. The molecule has 2 aliphatic heterocycles. The van der Waals surface area contributed by atoms with Crippen LogP contribution in [0, 0.1) is 0 Å². The van der Waals surface area contributed by atoms with Crippen molar-refractivity contribution >= 4 is 28.7 Å². The molecule has 3 atom stereocenters. The Balaban J connectivity index is 1.62. The number of halogens is 1. The van der Waals surface area contributed by atoms with Crippen LogP contribution in [-0.2, 0) is 0 Å². The average Bonchev–Trinajstić information content (AvgIpc) is 2.93. The smallest absolute Gasteiger partial charge is 0.415 e. The molecule has 0 aliphatic carbocycles. The Kier molecular flexibility index (Phi) is 8.65. The SMILES string of the molecule is CCN(CC1CCCCN1)C(=O)Oc1cc(O)c2c(=O)cc(-c3ccccc3Cl)oc2c1[C@H]1CCN(C)C[C@H]1O. The fourth-order valence-corrected chi connectivity index (χ4v) is 6.03. The first-order valence-corrected chi connectivity index (χ1v) is 14.3. The van der Waals surface area contributed by atoms with Crippen molar-refractivity contribution in [3.05, 3.63) is 57.2 Å². The van der Waals surface area contributed by atoms with Crippen LogP contribution in [0.25, 0.3) is 22.3 Å². The quantitative estimate of drug-likeness (QED) is 0.396. The van der Waals surface area contributed by atoms with Gasteiger partial charge in [0, 0.05) is 54.9 Å². The summed E-state index contributed by atoms with van der Waals surface area (Å²) in [6.07, 6.45) is 2.35. The van der Waals surface area contributed by atoms with Crippen molar-refractivity contribution in [3.8, 4) is 22.8 Å². The summed E-state index contributed by atoms with van der Waals surface area (Å²) in [5.74, 6) is -0.575. The maximum absolute atomic E-state index is 13.4. The van der Waals surface area contributed by atoms with E-state index in [1.165, 1.54) is 12.1 Å². The molecule has 5 rings (SSSR count). The van der Waals surface area contributed by atoms with Crippen molar-refractivity contribution in [1.82, 2.24) is 15.1 Å². The normalized spacial score (nSPS) is 21.9. The van der Waals surface area contributed by atoms with Crippen LogP contribution in [0.4, 0.5) is 4.79 Å². The summed E-state index contributed by atoms with van der Waals surface area (Å²) in [4.78, 5) is 30.4. The molecule has 0 bridgehead atoms. The molecule has 2 fully saturated rings. The monoisotopic (exact) mass is 569 g/mol. The molecule has 2 aromatic carbocycles. The summed E-state index contributed by atoms with van der Waals surface area (Å²) in [5, 5.41) is 25.9.